The van der Waals surface area contributed by atoms with Crippen molar-refractivity contribution in [3.8, 4) is 6.07 Å². The minimum absolute atomic E-state index is 0.0926. The van der Waals surface area contributed by atoms with Gasteiger partial charge in [-0.1, -0.05) is 19.1 Å². The van der Waals surface area contributed by atoms with Crippen molar-refractivity contribution in [1.29, 1.82) is 5.26 Å². The van der Waals surface area contributed by atoms with Crippen LogP contribution in [0.25, 0.3) is 0 Å². The molecule has 12 heteroatoms. The first-order chi connectivity index (χ1) is 20.9. The van der Waals surface area contributed by atoms with E-state index in [0.29, 0.717) is 55.6 Å². The second kappa shape index (κ2) is 12.7. The molecule has 224 valence electrons. The first-order valence-electron chi connectivity index (χ1n) is 14.7. The highest BCUT2D eigenvalue weighted by Gasteiger charge is 2.45. The number of aromatic nitrogens is 4. The van der Waals surface area contributed by atoms with Gasteiger partial charge < -0.3 is 20.9 Å². The van der Waals surface area contributed by atoms with Gasteiger partial charge in [-0.3, -0.25) is 14.4 Å². The van der Waals surface area contributed by atoms with Gasteiger partial charge in [-0.2, -0.15) is 5.26 Å². The van der Waals surface area contributed by atoms with Crippen LogP contribution in [0.15, 0.2) is 36.4 Å². The summed E-state index contributed by atoms with van der Waals surface area (Å²) in [6.45, 7) is 2.75. The third-order valence-corrected chi connectivity index (χ3v) is 8.83. The number of H-pyrrole nitrogens is 1. The number of likely N-dealkylation sites (tertiary alicyclic amines) is 1. The monoisotopic (exact) mass is 583 g/mol. The normalized spacial score (nSPS) is 17.6. The lowest BCUT2D eigenvalue weighted by atomic mass is 9.67. The van der Waals surface area contributed by atoms with Gasteiger partial charge in [0.1, 0.15) is 6.04 Å². The van der Waals surface area contributed by atoms with E-state index < -0.39 is 5.41 Å². The minimum Gasteiger partial charge on any atom is -0.355 e. The quantitative estimate of drug-likeness (QED) is 0.295. The Labute approximate surface area is 250 Å². The maximum Gasteiger partial charge on any atom is 0.251 e. The summed E-state index contributed by atoms with van der Waals surface area (Å²) in [5.41, 5.74) is 4.10. The van der Waals surface area contributed by atoms with Crippen molar-refractivity contribution >= 4 is 17.7 Å². The zero-order chi connectivity index (χ0) is 30.6. The maximum absolute atomic E-state index is 13.1. The third kappa shape index (κ3) is 5.60. The molecule has 2 atom stereocenters. The van der Waals surface area contributed by atoms with E-state index in [1.165, 1.54) is 0 Å². The number of nitriles is 1. The third-order valence-electron chi connectivity index (χ3n) is 8.83. The summed E-state index contributed by atoms with van der Waals surface area (Å²) in [5.74, 6) is 0.0862. The number of carbonyl (C=O) groups is 3. The van der Waals surface area contributed by atoms with Crippen LogP contribution in [0.2, 0.25) is 0 Å². The molecule has 2 heterocycles. The summed E-state index contributed by atoms with van der Waals surface area (Å²) in [7, 11) is 3.21. The number of nitrogens with zero attached hydrogens (tertiary/aromatic N) is 5. The molecule has 2 unspecified atom stereocenters. The predicted molar refractivity (Wildman–Crippen MR) is 158 cm³/mol. The topological polar surface area (TPSA) is 169 Å². The van der Waals surface area contributed by atoms with Gasteiger partial charge in [-0.15, -0.1) is 5.10 Å². The molecule has 1 saturated heterocycles. The number of tetrazole rings is 1. The largest absolute Gasteiger partial charge is 0.355 e. The van der Waals surface area contributed by atoms with E-state index in [0.717, 1.165) is 28.7 Å². The zero-order valence-corrected chi connectivity index (χ0v) is 24.7. The molecule has 12 nitrogen and oxygen atoms in total. The van der Waals surface area contributed by atoms with Crippen LogP contribution in [0, 0.1) is 11.3 Å². The summed E-state index contributed by atoms with van der Waals surface area (Å²) >= 11 is 0. The number of benzene rings is 2. The number of hydrogen-bond acceptors (Lipinski definition) is 8. The Kier molecular flexibility index (Phi) is 8.82. The molecular weight excluding hydrogens is 546 g/mol. The molecule has 1 fully saturated rings. The van der Waals surface area contributed by atoms with Gasteiger partial charge in [0.05, 0.1) is 18.0 Å². The molecule has 1 aliphatic carbocycles. The molecule has 0 spiro atoms. The number of aryl methyl sites for hydroxylation is 2. The molecular formula is C31H37N9O3. The molecule has 3 amide bonds. The van der Waals surface area contributed by atoms with E-state index >= 15 is 0 Å². The molecule has 4 N–H and O–H groups in total. The van der Waals surface area contributed by atoms with Gasteiger partial charge in [0.15, 0.2) is 5.82 Å². The van der Waals surface area contributed by atoms with Crippen LogP contribution < -0.4 is 16.0 Å². The van der Waals surface area contributed by atoms with Gasteiger partial charge in [0.25, 0.3) is 11.8 Å². The minimum atomic E-state index is -0.882. The van der Waals surface area contributed by atoms with Gasteiger partial charge in [0, 0.05) is 37.8 Å². The Hall–Kier alpha value is -4.63. The standard InChI is InChI=1S/C31H37N9O3/c1-4-23(35-18-27(41)40-13-5-6-24(40)17-32)16-31(30-36-38-39-37-30)25-11-9-21(28(42)33-2)14-19(25)7-8-20-15-22(29(43)34-3)10-12-26(20)31/h9-12,14-15,23-24,35H,4-8,13,16,18H2,1-3H3,(H,33,42)(H,34,43)(H,36,37,38,39). The van der Waals surface area contributed by atoms with Crippen LogP contribution >= 0.6 is 0 Å². The Morgan fingerprint density at radius 3 is 2.21 bits per heavy atom. The average molecular weight is 584 g/mol. The van der Waals surface area contributed by atoms with E-state index in [1.807, 2.05) is 36.4 Å². The highest BCUT2D eigenvalue weighted by molar-refractivity contribution is 5.95. The first kappa shape index (κ1) is 29.8. The van der Waals surface area contributed by atoms with Crippen molar-refractivity contribution in [2.75, 3.05) is 27.2 Å². The van der Waals surface area contributed by atoms with Crippen LogP contribution in [0.4, 0.5) is 0 Å². The molecule has 1 aliphatic heterocycles. The average Bonchev–Trinajstić information content (AvgIpc) is 3.74. The van der Waals surface area contributed by atoms with Gasteiger partial charge in [-0.05, 0) is 95.5 Å². The molecule has 2 aromatic carbocycles. The number of hydrogen-bond donors (Lipinski definition) is 4. The Morgan fingerprint density at radius 2 is 1.70 bits per heavy atom. The van der Waals surface area contributed by atoms with Crippen molar-refractivity contribution in [3.05, 3.63) is 75.6 Å². The maximum atomic E-state index is 13.1. The van der Waals surface area contributed by atoms with Crippen molar-refractivity contribution in [2.24, 2.45) is 0 Å². The van der Waals surface area contributed by atoms with Gasteiger partial charge in [0.2, 0.25) is 5.91 Å². The number of fused-ring (bicyclic) bond motifs is 2. The summed E-state index contributed by atoms with van der Waals surface area (Å²) in [6.07, 6.45) is 4.00. The number of rotatable bonds is 9. The number of nitrogens with one attached hydrogen (secondary N) is 4. The van der Waals surface area contributed by atoms with Crippen LogP contribution in [0.3, 0.4) is 0 Å². The SMILES string of the molecule is CCC(CC1(c2nnn[nH]2)c2ccc(C(=O)NC)cc2CCc2cc(C(=O)NC)ccc21)NCC(=O)N1CCCC1C#N. The summed E-state index contributed by atoms with van der Waals surface area (Å²) in [4.78, 5) is 40.0. The zero-order valence-electron chi connectivity index (χ0n) is 24.7. The lowest BCUT2D eigenvalue weighted by Gasteiger charge is -2.37. The molecule has 0 bridgehead atoms. The van der Waals surface area contributed by atoms with Crippen molar-refractivity contribution < 1.29 is 14.4 Å². The molecule has 1 aromatic heterocycles. The van der Waals surface area contributed by atoms with Gasteiger partial charge in [-0.25, -0.2) is 5.10 Å². The Bertz CT molecular complexity index is 1480. The first-order valence-corrected chi connectivity index (χ1v) is 14.7. The number of amides is 3. The van der Waals surface area contributed by atoms with Crippen molar-refractivity contribution in [2.45, 2.75) is 62.9 Å². The van der Waals surface area contributed by atoms with Crippen LogP contribution in [0.1, 0.15) is 81.4 Å². The molecule has 3 aromatic rings. The molecule has 2 aliphatic rings. The molecule has 0 saturated carbocycles. The number of aromatic amines is 1. The Morgan fingerprint density at radius 1 is 1.07 bits per heavy atom. The van der Waals surface area contributed by atoms with Crippen molar-refractivity contribution in [1.82, 2.24) is 41.5 Å². The highest BCUT2D eigenvalue weighted by Crippen LogP contribution is 2.47. The lowest BCUT2D eigenvalue weighted by molar-refractivity contribution is -0.130. The second-order valence-corrected chi connectivity index (χ2v) is 11.1. The second-order valence-electron chi connectivity index (χ2n) is 11.1. The summed E-state index contributed by atoms with van der Waals surface area (Å²) in [6, 6.07) is 13.1. The summed E-state index contributed by atoms with van der Waals surface area (Å²) < 4.78 is 0. The van der Waals surface area contributed by atoms with Gasteiger partial charge >= 0.3 is 0 Å². The molecule has 43 heavy (non-hydrogen) atoms. The van der Waals surface area contributed by atoms with E-state index in [-0.39, 0.29) is 36.3 Å². The van der Waals surface area contributed by atoms with E-state index in [1.54, 1.807) is 19.0 Å². The van der Waals surface area contributed by atoms with E-state index in [9.17, 15) is 19.6 Å². The molecule has 5 rings (SSSR count). The number of carbonyl (C=O) groups excluding carboxylic acids is 3. The fraction of sp³-hybridized carbons (Fsp3) is 0.452. The van der Waals surface area contributed by atoms with E-state index in [4.69, 9.17) is 0 Å². The fourth-order valence-electron chi connectivity index (χ4n) is 6.59. The highest BCUT2D eigenvalue weighted by atomic mass is 16.2. The molecule has 0 radical (unpaired) electrons. The van der Waals surface area contributed by atoms with Crippen LogP contribution in [-0.4, -0.2) is 82.5 Å². The lowest BCUT2D eigenvalue weighted by Crippen LogP contribution is -2.46. The Balaban J connectivity index is 1.62. The van der Waals surface area contributed by atoms with Crippen molar-refractivity contribution in [3.63, 3.8) is 0 Å². The fourth-order valence-corrected chi connectivity index (χ4v) is 6.59. The smallest absolute Gasteiger partial charge is 0.251 e. The van der Waals surface area contributed by atoms with Crippen LogP contribution in [-0.2, 0) is 23.1 Å². The van der Waals surface area contributed by atoms with Crippen LogP contribution in [0.5, 0.6) is 0 Å². The summed E-state index contributed by atoms with van der Waals surface area (Å²) in [5, 5.41) is 33.8. The van der Waals surface area contributed by atoms with E-state index in [2.05, 4.69) is 49.6 Å². The predicted octanol–water partition coefficient (Wildman–Crippen LogP) is 1.62.